The van der Waals surface area contributed by atoms with Gasteiger partial charge in [-0.3, -0.25) is 0 Å². The Bertz CT molecular complexity index is 446. The van der Waals surface area contributed by atoms with Gasteiger partial charge in [0, 0.05) is 19.3 Å². The standard InChI is InChI=1S/C12H15ClN2O2/c1-4-15(7-8(2)3)11-10(13)9(12(16)17)5-6-14-11/h5-6H,2,4,7H2,1,3H3,(H,16,17). The number of carbonyl (C=O) groups is 1. The number of pyridine rings is 1. The van der Waals surface area contributed by atoms with E-state index < -0.39 is 5.97 Å². The Labute approximate surface area is 106 Å². The summed E-state index contributed by atoms with van der Waals surface area (Å²) in [5, 5.41) is 9.15. The lowest BCUT2D eigenvalue weighted by molar-refractivity contribution is 0.0697. The first-order chi connectivity index (χ1) is 7.97. The van der Waals surface area contributed by atoms with E-state index in [9.17, 15) is 4.79 Å². The van der Waals surface area contributed by atoms with Crippen LogP contribution in [0.15, 0.2) is 24.4 Å². The van der Waals surface area contributed by atoms with Gasteiger partial charge in [-0.15, -0.1) is 0 Å². The van der Waals surface area contributed by atoms with E-state index in [4.69, 9.17) is 16.7 Å². The molecule has 1 aromatic rings. The van der Waals surface area contributed by atoms with Gasteiger partial charge in [0.05, 0.1) is 10.6 Å². The van der Waals surface area contributed by atoms with Gasteiger partial charge in [-0.25, -0.2) is 9.78 Å². The molecule has 0 unspecified atom stereocenters. The summed E-state index contributed by atoms with van der Waals surface area (Å²) in [6.07, 6.45) is 1.45. The zero-order valence-electron chi connectivity index (χ0n) is 9.90. The number of hydrogen-bond donors (Lipinski definition) is 1. The second kappa shape index (κ2) is 5.68. The maximum Gasteiger partial charge on any atom is 0.337 e. The molecule has 4 nitrogen and oxygen atoms in total. The third-order valence-corrected chi connectivity index (χ3v) is 2.62. The topological polar surface area (TPSA) is 53.4 Å². The van der Waals surface area contributed by atoms with Crippen molar-refractivity contribution in [3.63, 3.8) is 0 Å². The zero-order valence-corrected chi connectivity index (χ0v) is 10.7. The maximum absolute atomic E-state index is 11.0. The Hall–Kier alpha value is -1.55. The number of halogens is 1. The minimum absolute atomic E-state index is 0.0665. The van der Waals surface area contributed by atoms with Gasteiger partial charge in [0.2, 0.25) is 0 Å². The first-order valence-corrected chi connectivity index (χ1v) is 5.62. The van der Waals surface area contributed by atoms with E-state index in [2.05, 4.69) is 11.6 Å². The molecular formula is C12H15ClN2O2. The Morgan fingerprint density at radius 1 is 1.65 bits per heavy atom. The minimum Gasteiger partial charge on any atom is -0.478 e. The van der Waals surface area contributed by atoms with Crippen molar-refractivity contribution in [2.45, 2.75) is 13.8 Å². The Balaban J connectivity index is 3.16. The second-order valence-corrected chi connectivity index (χ2v) is 4.15. The van der Waals surface area contributed by atoms with Gasteiger partial charge >= 0.3 is 5.97 Å². The summed E-state index contributed by atoms with van der Waals surface area (Å²) in [5.41, 5.74) is 1.03. The number of rotatable bonds is 5. The predicted molar refractivity (Wildman–Crippen MR) is 68.9 cm³/mol. The van der Waals surface area contributed by atoms with Crippen molar-refractivity contribution < 1.29 is 9.90 Å². The summed E-state index contributed by atoms with van der Waals surface area (Å²) in [6, 6.07) is 1.39. The van der Waals surface area contributed by atoms with Crippen LogP contribution in [-0.2, 0) is 0 Å². The molecule has 1 rings (SSSR count). The molecule has 0 amide bonds. The van der Waals surface area contributed by atoms with Gasteiger partial charge in [0.1, 0.15) is 5.82 Å². The lowest BCUT2D eigenvalue weighted by atomic mass is 10.2. The van der Waals surface area contributed by atoms with Crippen LogP contribution in [0.1, 0.15) is 24.2 Å². The van der Waals surface area contributed by atoms with Gasteiger partial charge in [0.25, 0.3) is 0 Å². The van der Waals surface area contributed by atoms with Crippen molar-refractivity contribution in [2.24, 2.45) is 0 Å². The normalized spacial score (nSPS) is 10.1. The maximum atomic E-state index is 11.0. The molecule has 0 aliphatic rings. The third-order valence-electron chi connectivity index (χ3n) is 2.24. The van der Waals surface area contributed by atoms with Gasteiger partial charge < -0.3 is 10.0 Å². The molecule has 17 heavy (non-hydrogen) atoms. The van der Waals surface area contributed by atoms with Crippen molar-refractivity contribution in [1.82, 2.24) is 4.98 Å². The highest BCUT2D eigenvalue weighted by atomic mass is 35.5. The Kier molecular flexibility index (Phi) is 4.52. The molecule has 0 saturated heterocycles. The van der Waals surface area contributed by atoms with Crippen molar-refractivity contribution in [3.05, 3.63) is 35.0 Å². The van der Waals surface area contributed by atoms with Crippen LogP contribution >= 0.6 is 11.6 Å². The lowest BCUT2D eigenvalue weighted by Crippen LogP contribution is -2.26. The van der Waals surface area contributed by atoms with Crippen LogP contribution in [-0.4, -0.2) is 29.1 Å². The van der Waals surface area contributed by atoms with E-state index in [1.165, 1.54) is 12.3 Å². The van der Waals surface area contributed by atoms with Crippen LogP contribution in [0.25, 0.3) is 0 Å². The molecule has 0 radical (unpaired) electrons. The first kappa shape index (κ1) is 13.5. The van der Waals surface area contributed by atoms with Crippen LogP contribution in [0.2, 0.25) is 5.02 Å². The van der Waals surface area contributed by atoms with Crippen molar-refractivity contribution in [1.29, 1.82) is 0 Å². The molecule has 5 heteroatoms. The number of anilines is 1. The number of aromatic nitrogens is 1. The second-order valence-electron chi connectivity index (χ2n) is 3.77. The molecule has 0 spiro atoms. The molecule has 0 atom stereocenters. The number of aromatic carboxylic acids is 1. The van der Waals surface area contributed by atoms with E-state index in [0.29, 0.717) is 18.9 Å². The van der Waals surface area contributed by atoms with E-state index in [-0.39, 0.29) is 10.6 Å². The molecule has 1 aromatic heterocycles. The molecule has 0 aromatic carbocycles. The van der Waals surface area contributed by atoms with E-state index >= 15 is 0 Å². The monoisotopic (exact) mass is 254 g/mol. The van der Waals surface area contributed by atoms with Gasteiger partial charge in [0.15, 0.2) is 0 Å². The molecular weight excluding hydrogens is 240 g/mol. The van der Waals surface area contributed by atoms with Crippen LogP contribution in [0.5, 0.6) is 0 Å². The average molecular weight is 255 g/mol. The molecule has 1 heterocycles. The predicted octanol–water partition coefficient (Wildman–Crippen LogP) is 2.84. The summed E-state index contributed by atoms with van der Waals surface area (Å²) in [4.78, 5) is 17.0. The van der Waals surface area contributed by atoms with Gasteiger partial charge in [-0.05, 0) is 19.9 Å². The summed E-state index contributed by atoms with van der Waals surface area (Å²) in [6.45, 7) is 8.97. The average Bonchev–Trinajstić information content (AvgIpc) is 2.26. The number of likely N-dealkylation sites (N-methyl/N-ethyl adjacent to an activating group) is 1. The largest absolute Gasteiger partial charge is 0.478 e. The lowest BCUT2D eigenvalue weighted by Gasteiger charge is -2.23. The molecule has 0 aliphatic carbocycles. The molecule has 0 saturated carbocycles. The van der Waals surface area contributed by atoms with Crippen molar-refractivity contribution >= 4 is 23.4 Å². The minimum atomic E-state index is -1.05. The van der Waals surface area contributed by atoms with Crippen LogP contribution < -0.4 is 4.90 Å². The highest BCUT2D eigenvalue weighted by molar-refractivity contribution is 6.35. The smallest absolute Gasteiger partial charge is 0.337 e. The van der Waals surface area contributed by atoms with E-state index in [0.717, 1.165) is 5.57 Å². The number of carboxylic acids is 1. The fraction of sp³-hybridized carbons (Fsp3) is 0.333. The Morgan fingerprint density at radius 3 is 2.76 bits per heavy atom. The molecule has 92 valence electrons. The molecule has 0 aliphatic heterocycles. The number of nitrogens with zero attached hydrogens (tertiary/aromatic N) is 2. The summed E-state index contributed by atoms with van der Waals surface area (Å²) in [7, 11) is 0. The summed E-state index contributed by atoms with van der Waals surface area (Å²) >= 11 is 6.05. The molecule has 1 N–H and O–H groups in total. The summed E-state index contributed by atoms with van der Waals surface area (Å²) in [5.74, 6) is -0.568. The third kappa shape index (κ3) is 3.20. The van der Waals surface area contributed by atoms with Crippen molar-refractivity contribution in [2.75, 3.05) is 18.0 Å². The highest BCUT2D eigenvalue weighted by Crippen LogP contribution is 2.27. The van der Waals surface area contributed by atoms with Gasteiger partial charge in [-0.1, -0.05) is 23.8 Å². The van der Waals surface area contributed by atoms with E-state index in [1.54, 1.807) is 0 Å². The molecule has 0 fully saturated rings. The number of hydrogen-bond acceptors (Lipinski definition) is 3. The fourth-order valence-corrected chi connectivity index (χ4v) is 1.79. The highest BCUT2D eigenvalue weighted by Gasteiger charge is 2.17. The zero-order chi connectivity index (χ0) is 13.0. The summed E-state index contributed by atoms with van der Waals surface area (Å²) < 4.78 is 0. The van der Waals surface area contributed by atoms with E-state index in [1.807, 2.05) is 18.7 Å². The first-order valence-electron chi connectivity index (χ1n) is 5.24. The van der Waals surface area contributed by atoms with Crippen LogP contribution in [0, 0.1) is 0 Å². The fourth-order valence-electron chi connectivity index (χ4n) is 1.48. The SMILES string of the molecule is C=C(C)CN(CC)c1nccc(C(=O)O)c1Cl. The van der Waals surface area contributed by atoms with Crippen LogP contribution in [0.3, 0.4) is 0 Å². The number of carboxylic acid groups (broad SMARTS) is 1. The van der Waals surface area contributed by atoms with Crippen LogP contribution in [0.4, 0.5) is 5.82 Å². The molecule has 0 bridgehead atoms. The Morgan fingerprint density at radius 2 is 2.29 bits per heavy atom. The van der Waals surface area contributed by atoms with Crippen molar-refractivity contribution in [3.8, 4) is 0 Å². The quantitative estimate of drug-likeness (QED) is 0.821. The van der Waals surface area contributed by atoms with Gasteiger partial charge in [-0.2, -0.15) is 0 Å².